The van der Waals surface area contributed by atoms with Gasteiger partial charge in [0.25, 0.3) is 0 Å². The molecule has 2 N–H and O–H groups in total. The molecule has 5 heteroatoms. The zero-order valence-corrected chi connectivity index (χ0v) is 11.1. The summed E-state index contributed by atoms with van der Waals surface area (Å²) in [5, 5.41) is 0.664. The van der Waals surface area contributed by atoms with Crippen LogP contribution in [-0.2, 0) is 9.53 Å². The number of ether oxygens (including phenoxy) is 1. The summed E-state index contributed by atoms with van der Waals surface area (Å²) < 4.78 is 5.69. The second kappa shape index (κ2) is 5.69. The van der Waals surface area contributed by atoms with Crippen molar-refractivity contribution >= 4 is 17.5 Å². The van der Waals surface area contributed by atoms with Gasteiger partial charge in [-0.1, -0.05) is 29.8 Å². The third kappa shape index (κ3) is 2.83. The number of nitrogens with zero attached hydrogens (tertiary/aromatic N) is 1. The van der Waals surface area contributed by atoms with Gasteiger partial charge in [-0.25, -0.2) is 0 Å². The number of carbonyl (C=O) groups is 1. The van der Waals surface area contributed by atoms with Gasteiger partial charge in [0.1, 0.15) is 6.10 Å². The molecule has 2 atom stereocenters. The van der Waals surface area contributed by atoms with Crippen LogP contribution in [0.15, 0.2) is 24.3 Å². The van der Waals surface area contributed by atoms with Gasteiger partial charge in [0.05, 0.1) is 19.2 Å². The van der Waals surface area contributed by atoms with Crippen LogP contribution in [0.5, 0.6) is 0 Å². The van der Waals surface area contributed by atoms with Crippen LogP contribution in [-0.4, -0.2) is 36.5 Å². The van der Waals surface area contributed by atoms with Gasteiger partial charge in [0.15, 0.2) is 0 Å². The zero-order chi connectivity index (χ0) is 13.1. The van der Waals surface area contributed by atoms with Crippen molar-refractivity contribution in [2.24, 2.45) is 5.73 Å². The number of benzene rings is 1. The molecule has 1 unspecified atom stereocenters. The monoisotopic (exact) mass is 268 g/mol. The first-order chi connectivity index (χ1) is 8.59. The van der Waals surface area contributed by atoms with Crippen LogP contribution in [0.25, 0.3) is 0 Å². The van der Waals surface area contributed by atoms with E-state index in [2.05, 4.69) is 0 Å². The molecule has 0 saturated carbocycles. The highest BCUT2D eigenvalue weighted by atomic mass is 35.5. The highest BCUT2D eigenvalue weighted by Crippen LogP contribution is 2.28. The van der Waals surface area contributed by atoms with Crippen molar-refractivity contribution in [3.63, 3.8) is 0 Å². The van der Waals surface area contributed by atoms with Crippen LogP contribution in [0.3, 0.4) is 0 Å². The Labute approximate surface area is 112 Å². The quantitative estimate of drug-likeness (QED) is 0.886. The Bertz CT molecular complexity index is 437. The molecule has 1 amide bonds. The van der Waals surface area contributed by atoms with E-state index in [-0.39, 0.29) is 12.0 Å². The molecule has 2 rings (SSSR count). The van der Waals surface area contributed by atoms with Crippen molar-refractivity contribution in [2.45, 2.75) is 19.1 Å². The standard InChI is InChI=1S/C13H17ClN2O2/c1-9(15)13(17)16-6-7-18-12(8-16)10-4-2-3-5-11(10)14/h2-5,9,12H,6-8,15H2,1H3/t9-,12?/m0/s1. The van der Waals surface area contributed by atoms with E-state index in [1.165, 1.54) is 0 Å². The molecule has 0 bridgehead atoms. The minimum Gasteiger partial charge on any atom is -0.370 e. The summed E-state index contributed by atoms with van der Waals surface area (Å²) in [5.41, 5.74) is 6.54. The van der Waals surface area contributed by atoms with Crippen molar-refractivity contribution in [3.05, 3.63) is 34.9 Å². The Hall–Kier alpha value is -1.10. The van der Waals surface area contributed by atoms with E-state index in [4.69, 9.17) is 22.1 Å². The zero-order valence-electron chi connectivity index (χ0n) is 10.3. The van der Waals surface area contributed by atoms with Gasteiger partial charge in [0, 0.05) is 17.1 Å². The van der Waals surface area contributed by atoms with Crippen molar-refractivity contribution in [3.8, 4) is 0 Å². The Morgan fingerprint density at radius 2 is 2.28 bits per heavy atom. The second-order valence-corrected chi connectivity index (χ2v) is 4.86. The lowest BCUT2D eigenvalue weighted by Gasteiger charge is -2.34. The van der Waals surface area contributed by atoms with E-state index < -0.39 is 6.04 Å². The summed E-state index contributed by atoms with van der Waals surface area (Å²) in [6.07, 6.45) is -0.171. The molecule has 18 heavy (non-hydrogen) atoms. The van der Waals surface area contributed by atoms with Gasteiger partial charge in [-0.3, -0.25) is 4.79 Å². The maximum absolute atomic E-state index is 11.9. The summed E-state index contributed by atoms with van der Waals surface area (Å²) >= 11 is 6.14. The summed E-state index contributed by atoms with van der Waals surface area (Å²) in [7, 11) is 0. The summed E-state index contributed by atoms with van der Waals surface area (Å²) in [6, 6.07) is 7.06. The molecule has 0 spiro atoms. The van der Waals surface area contributed by atoms with Gasteiger partial charge < -0.3 is 15.4 Å². The molecular formula is C13H17ClN2O2. The minimum atomic E-state index is -0.477. The number of nitrogens with two attached hydrogens (primary N) is 1. The van der Waals surface area contributed by atoms with E-state index >= 15 is 0 Å². The fourth-order valence-corrected chi connectivity index (χ4v) is 2.32. The third-order valence-corrected chi connectivity index (χ3v) is 3.36. The predicted molar refractivity (Wildman–Crippen MR) is 70.4 cm³/mol. The van der Waals surface area contributed by atoms with E-state index in [0.29, 0.717) is 24.7 Å². The molecule has 4 nitrogen and oxygen atoms in total. The van der Waals surface area contributed by atoms with Crippen LogP contribution in [0.4, 0.5) is 0 Å². The maximum atomic E-state index is 11.9. The lowest BCUT2D eigenvalue weighted by Crippen LogP contribution is -2.48. The molecule has 1 saturated heterocycles. The van der Waals surface area contributed by atoms with Crippen LogP contribution in [0.2, 0.25) is 5.02 Å². The van der Waals surface area contributed by atoms with E-state index in [1.54, 1.807) is 11.8 Å². The minimum absolute atomic E-state index is 0.0460. The fourth-order valence-electron chi connectivity index (χ4n) is 2.06. The normalized spacial score (nSPS) is 21.7. The molecule has 1 aromatic rings. The molecule has 0 aromatic heterocycles. The van der Waals surface area contributed by atoms with Crippen LogP contribution in [0, 0.1) is 0 Å². The van der Waals surface area contributed by atoms with Gasteiger partial charge in [-0.15, -0.1) is 0 Å². The third-order valence-electron chi connectivity index (χ3n) is 3.02. The van der Waals surface area contributed by atoms with Gasteiger partial charge in [0.2, 0.25) is 5.91 Å². The van der Waals surface area contributed by atoms with Crippen molar-refractivity contribution in [1.82, 2.24) is 4.90 Å². The number of amides is 1. The SMILES string of the molecule is C[C@H](N)C(=O)N1CCOC(c2ccccc2Cl)C1. The lowest BCUT2D eigenvalue weighted by atomic mass is 10.1. The number of hydrogen-bond donors (Lipinski definition) is 1. The number of carbonyl (C=O) groups excluding carboxylic acids is 1. The molecule has 0 radical (unpaired) electrons. The molecule has 98 valence electrons. The second-order valence-electron chi connectivity index (χ2n) is 4.45. The topological polar surface area (TPSA) is 55.6 Å². The molecule has 0 aliphatic carbocycles. The first-order valence-electron chi connectivity index (χ1n) is 6.00. The van der Waals surface area contributed by atoms with Gasteiger partial charge in [-0.2, -0.15) is 0 Å². The number of morpholine rings is 1. The number of halogens is 1. The van der Waals surface area contributed by atoms with E-state index in [1.807, 2.05) is 24.3 Å². The predicted octanol–water partition coefficient (Wildman–Crippen LogP) is 1.59. The Kier molecular flexibility index (Phi) is 4.22. The average Bonchev–Trinajstić information content (AvgIpc) is 2.38. The van der Waals surface area contributed by atoms with Crippen molar-refractivity contribution in [1.29, 1.82) is 0 Å². The largest absolute Gasteiger partial charge is 0.370 e. The Morgan fingerprint density at radius 3 is 2.94 bits per heavy atom. The van der Waals surface area contributed by atoms with Crippen LogP contribution in [0.1, 0.15) is 18.6 Å². The molecule has 1 fully saturated rings. The summed E-state index contributed by atoms with van der Waals surface area (Å²) in [6.45, 7) is 3.29. The molecule has 1 aromatic carbocycles. The molecule has 1 aliphatic heterocycles. The lowest BCUT2D eigenvalue weighted by molar-refractivity contribution is -0.140. The summed E-state index contributed by atoms with van der Waals surface area (Å²) in [4.78, 5) is 13.6. The van der Waals surface area contributed by atoms with Gasteiger partial charge in [-0.05, 0) is 13.0 Å². The smallest absolute Gasteiger partial charge is 0.239 e. The fraction of sp³-hybridized carbons (Fsp3) is 0.462. The van der Waals surface area contributed by atoms with Gasteiger partial charge >= 0.3 is 0 Å². The molecule has 1 heterocycles. The summed E-state index contributed by atoms with van der Waals surface area (Å²) in [5.74, 6) is -0.0460. The van der Waals surface area contributed by atoms with E-state index in [0.717, 1.165) is 5.56 Å². The highest BCUT2D eigenvalue weighted by molar-refractivity contribution is 6.31. The van der Waals surface area contributed by atoms with Crippen molar-refractivity contribution in [2.75, 3.05) is 19.7 Å². The van der Waals surface area contributed by atoms with E-state index in [9.17, 15) is 4.79 Å². The van der Waals surface area contributed by atoms with Crippen molar-refractivity contribution < 1.29 is 9.53 Å². The highest BCUT2D eigenvalue weighted by Gasteiger charge is 2.27. The number of rotatable bonds is 2. The Morgan fingerprint density at radius 1 is 1.56 bits per heavy atom. The molecule has 1 aliphatic rings. The number of hydrogen-bond acceptors (Lipinski definition) is 3. The van der Waals surface area contributed by atoms with Crippen LogP contribution < -0.4 is 5.73 Å². The first-order valence-corrected chi connectivity index (χ1v) is 6.38. The first kappa shape index (κ1) is 13.3. The van der Waals surface area contributed by atoms with Crippen LogP contribution >= 0.6 is 11.6 Å². The Balaban J connectivity index is 2.12. The maximum Gasteiger partial charge on any atom is 0.239 e. The average molecular weight is 269 g/mol. The molecular weight excluding hydrogens is 252 g/mol.